The molecule has 0 bridgehead atoms. The molecule has 0 aromatic heterocycles. The van der Waals surface area contributed by atoms with Gasteiger partial charge in [-0.1, -0.05) is 6.07 Å². The molecule has 1 aliphatic rings. The van der Waals surface area contributed by atoms with Gasteiger partial charge in [0.15, 0.2) is 11.5 Å². The van der Waals surface area contributed by atoms with Gasteiger partial charge in [-0.2, -0.15) is 0 Å². The molecule has 1 atom stereocenters. The fourth-order valence-corrected chi connectivity index (χ4v) is 2.63. The second-order valence-corrected chi connectivity index (χ2v) is 5.26. The first-order valence-electron chi connectivity index (χ1n) is 7.35. The van der Waals surface area contributed by atoms with Gasteiger partial charge in [-0.25, -0.2) is 0 Å². The van der Waals surface area contributed by atoms with Crippen molar-refractivity contribution in [3.63, 3.8) is 0 Å². The number of rotatable bonds is 7. The summed E-state index contributed by atoms with van der Waals surface area (Å²) < 4.78 is 27.3. The van der Waals surface area contributed by atoms with Crippen LogP contribution in [-0.4, -0.2) is 65.7 Å². The van der Waals surface area contributed by atoms with Crippen molar-refractivity contribution >= 4 is 0 Å². The van der Waals surface area contributed by atoms with Crippen molar-refractivity contribution in [2.45, 2.75) is 12.6 Å². The Kier molecular flexibility index (Phi) is 6.30. The third kappa shape index (κ3) is 4.03. The highest BCUT2D eigenvalue weighted by Crippen LogP contribution is 2.40. The summed E-state index contributed by atoms with van der Waals surface area (Å²) in [5.74, 6) is 1.98. The van der Waals surface area contributed by atoms with Gasteiger partial charge in [-0.15, -0.1) is 0 Å². The Balaban J connectivity index is 2.07. The molecular weight excluding hydrogens is 286 g/mol. The Labute approximate surface area is 131 Å². The molecule has 6 nitrogen and oxygen atoms in total. The average molecular weight is 311 g/mol. The van der Waals surface area contributed by atoms with Gasteiger partial charge in [-0.3, -0.25) is 4.90 Å². The van der Waals surface area contributed by atoms with Crippen LogP contribution in [0.4, 0.5) is 0 Å². The lowest BCUT2D eigenvalue weighted by atomic mass is 10.1. The monoisotopic (exact) mass is 311 g/mol. The molecule has 1 aromatic rings. The SMILES string of the molecule is COc1ccc(CN(C)C[C@@H]2COCCO2)c(OC)c1OC. The summed E-state index contributed by atoms with van der Waals surface area (Å²) in [7, 11) is 6.91. The largest absolute Gasteiger partial charge is 0.493 e. The molecule has 2 rings (SSSR count). The van der Waals surface area contributed by atoms with Crippen molar-refractivity contribution in [2.24, 2.45) is 0 Å². The highest BCUT2D eigenvalue weighted by molar-refractivity contribution is 5.55. The lowest BCUT2D eigenvalue weighted by molar-refractivity contribution is -0.0963. The van der Waals surface area contributed by atoms with Gasteiger partial charge < -0.3 is 23.7 Å². The topological polar surface area (TPSA) is 49.4 Å². The normalized spacial score (nSPS) is 18.3. The molecule has 124 valence electrons. The van der Waals surface area contributed by atoms with Gasteiger partial charge >= 0.3 is 0 Å². The summed E-state index contributed by atoms with van der Waals surface area (Å²) >= 11 is 0. The molecule has 0 unspecified atom stereocenters. The Hall–Kier alpha value is -1.50. The van der Waals surface area contributed by atoms with Gasteiger partial charge in [0.1, 0.15) is 0 Å². The van der Waals surface area contributed by atoms with Crippen LogP contribution in [0.3, 0.4) is 0 Å². The summed E-state index contributed by atoms with van der Waals surface area (Å²) in [6.45, 7) is 3.52. The van der Waals surface area contributed by atoms with Crippen LogP contribution in [0.2, 0.25) is 0 Å². The Morgan fingerprint density at radius 2 is 1.86 bits per heavy atom. The molecule has 1 aromatic carbocycles. The quantitative estimate of drug-likeness (QED) is 0.762. The Bertz CT molecular complexity index is 474. The molecule has 0 saturated carbocycles. The zero-order valence-electron chi connectivity index (χ0n) is 13.8. The van der Waals surface area contributed by atoms with Gasteiger partial charge in [-0.05, 0) is 13.1 Å². The molecule has 0 radical (unpaired) electrons. The van der Waals surface area contributed by atoms with Gasteiger partial charge in [0.2, 0.25) is 5.75 Å². The Morgan fingerprint density at radius 3 is 2.45 bits per heavy atom. The summed E-state index contributed by atoms with van der Waals surface area (Å²) in [5.41, 5.74) is 1.04. The first-order chi connectivity index (χ1) is 10.7. The maximum atomic E-state index is 5.68. The van der Waals surface area contributed by atoms with Gasteiger partial charge in [0.05, 0.1) is 47.3 Å². The zero-order valence-corrected chi connectivity index (χ0v) is 13.8. The van der Waals surface area contributed by atoms with E-state index in [0.717, 1.165) is 18.7 Å². The van der Waals surface area contributed by atoms with Crippen molar-refractivity contribution in [3.8, 4) is 17.2 Å². The van der Waals surface area contributed by atoms with E-state index in [4.69, 9.17) is 23.7 Å². The minimum absolute atomic E-state index is 0.116. The number of benzene rings is 1. The maximum Gasteiger partial charge on any atom is 0.203 e. The van der Waals surface area contributed by atoms with Crippen molar-refractivity contribution in [1.82, 2.24) is 4.90 Å². The third-order valence-corrected chi connectivity index (χ3v) is 3.63. The van der Waals surface area contributed by atoms with E-state index < -0.39 is 0 Å². The van der Waals surface area contributed by atoms with E-state index in [1.165, 1.54) is 0 Å². The van der Waals surface area contributed by atoms with Crippen LogP contribution in [0.5, 0.6) is 17.2 Å². The van der Waals surface area contributed by atoms with Gasteiger partial charge in [0, 0.05) is 18.7 Å². The average Bonchev–Trinajstić information content (AvgIpc) is 2.55. The molecule has 22 heavy (non-hydrogen) atoms. The lowest BCUT2D eigenvalue weighted by Crippen LogP contribution is -2.38. The molecular formula is C16H25NO5. The van der Waals surface area contributed by atoms with E-state index in [-0.39, 0.29) is 6.10 Å². The van der Waals surface area contributed by atoms with Crippen LogP contribution >= 0.6 is 0 Å². The van der Waals surface area contributed by atoms with Crippen LogP contribution < -0.4 is 14.2 Å². The number of methoxy groups -OCH3 is 3. The second-order valence-electron chi connectivity index (χ2n) is 5.26. The molecule has 0 aliphatic carbocycles. The number of likely N-dealkylation sites (N-methyl/N-ethyl adjacent to an activating group) is 1. The van der Waals surface area contributed by atoms with Crippen molar-refractivity contribution in [2.75, 3.05) is 54.7 Å². The summed E-state index contributed by atoms with van der Waals surface area (Å²) in [5, 5.41) is 0. The zero-order chi connectivity index (χ0) is 15.9. The maximum absolute atomic E-state index is 5.68. The number of hydrogen-bond acceptors (Lipinski definition) is 6. The second kappa shape index (κ2) is 8.22. The van der Waals surface area contributed by atoms with Crippen LogP contribution in [0.1, 0.15) is 5.56 Å². The number of hydrogen-bond donors (Lipinski definition) is 0. The van der Waals surface area contributed by atoms with E-state index >= 15 is 0 Å². The highest BCUT2D eigenvalue weighted by Gasteiger charge is 2.20. The van der Waals surface area contributed by atoms with Crippen LogP contribution in [-0.2, 0) is 16.0 Å². The number of ether oxygens (including phenoxy) is 5. The molecule has 1 saturated heterocycles. The van der Waals surface area contributed by atoms with Crippen LogP contribution in [0, 0.1) is 0 Å². The summed E-state index contributed by atoms with van der Waals surface area (Å²) in [6, 6.07) is 3.89. The van der Waals surface area contributed by atoms with Crippen molar-refractivity contribution in [3.05, 3.63) is 17.7 Å². The summed E-state index contributed by atoms with van der Waals surface area (Å²) in [4.78, 5) is 2.18. The van der Waals surface area contributed by atoms with Crippen molar-refractivity contribution in [1.29, 1.82) is 0 Å². The molecule has 0 spiro atoms. The van der Waals surface area contributed by atoms with E-state index in [1.807, 2.05) is 19.2 Å². The molecule has 1 heterocycles. The van der Waals surface area contributed by atoms with Crippen LogP contribution in [0.15, 0.2) is 12.1 Å². The minimum atomic E-state index is 0.116. The van der Waals surface area contributed by atoms with E-state index in [1.54, 1.807) is 21.3 Å². The van der Waals surface area contributed by atoms with Crippen LogP contribution in [0.25, 0.3) is 0 Å². The standard InChI is InChI=1S/C16H25NO5/c1-17(10-13-11-21-7-8-22-13)9-12-5-6-14(18-2)16(20-4)15(12)19-3/h5-6,13H,7-11H2,1-4H3/t13-/m1/s1. The molecule has 1 aliphatic heterocycles. The fourth-order valence-electron chi connectivity index (χ4n) is 2.63. The molecule has 1 fully saturated rings. The van der Waals surface area contributed by atoms with E-state index in [0.29, 0.717) is 37.1 Å². The molecule has 6 heteroatoms. The predicted octanol–water partition coefficient (Wildman–Crippen LogP) is 1.56. The Morgan fingerprint density at radius 1 is 1.09 bits per heavy atom. The van der Waals surface area contributed by atoms with E-state index in [2.05, 4.69) is 4.90 Å². The first kappa shape index (κ1) is 16.9. The first-order valence-corrected chi connectivity index (χ1v) is 7.35. The number of nitrogens with zero attached hydrogens (tertiary/aromatic N) is 1. The smallest absolute Gasteiger partial charge is 0.203 e. The predicted molar refractivity (Wildman–Crippen MR) is 83.0 cm³/mol. The fraction of sp³-hybridized carbons (Fsp3) is 0.625. The molecule has 0 N–H and O–H groups in total. The third-order valence-electron chi connectivity index (χ3n) is 3.63. The van der Waals surface area contributed by atoms with Gasteiger partial charge in [0.25, 0.3) is 0 Å². The summed E-state index contributed by atoms with van der Waals surface area (Å²) in [6.07, 6.45) is 0.116. The molecule has 0 amide bonds. The minimum Gasteiger partial charge on any atom is -0.493 e. The van der Waals surface area contributed by atoms with Crippen molar-refractivity contribution < 1.29 is 23.7 Å². The highest BCUT2D eigenvalue weighted by atomic mass is 16.6. The lowest BCUT2D eigenvalue weighted by Gasteiger charge is -2.28. The van der Waals surface area contributed by atoms with E-state index in [9.17, 15) is 0 Å².